The SMILES string of the molecule is CCCNC(O)CC[Si](OC)(OC)OC. The van der Waals surface area contributed by atoms with Crippen molar-refractivity contribution in [3.05, 3.63) is 0 Å². The van der Waals surface area contributed by atoms with Crippen LogP contribution < -0.4 is 5.32 Å². The predicted octanol–water partition coefficient (Wildman–Crippen LogP) is 0.573. The van der Waals surface area contributed by atoms with Crippen LogP contribution in [0.25, 0.3) is 0 Å². The zero-order chi connectivity index (χ0) is 11.7. The van der Waals surface area contributed by atoms with Crippen molar-refractivity contribution in [3.8, 4) is 0 Å². The molecule has 0 radical (unpaired) electrons. The quantitative estimate of drug-likeness (QED) is 0.453. The first-order chi connectivity index (χ1) is 7.14. The van der Waals surface area contributed by atoms with Crippen LogP contribution in [-0.4, -0.2) is 48.0 Å². The summed E-state index contributed by atoms with van der Waals surface area (Å²) in [5.41, 5.74) is 0. The number of aliphatic hydroxyl groups excluding tert-OH is 1. The topological polar surface area (TPSA) is 60.0 Å². The summed E-state index contributed by atoms with van der Waals surface area (Å²) in [6, 6.07) is 0.606. The van der Waals surface area contributed by atoms with Crippen LogP contribution in [0.4, 0.5) is 0 Å². The van der Waals surface area contributed by atoms with Gasteiger partial charge in [0.05, 0.1) is 0 Å². The van der Waals surface area contributed by atoms with E-state index in [0.717, 1.165) is 13.0 Å². The van der Waals surface area contributed by atoms with Crippen LogP contribution in [0, 0.1) is 0 Å². The van der Waals surface area contributed by atoms with Crippen LogP contribution >= 0.6 is 0 Å². The van der Waals surface area contributed by atoms with Gasteiger partial charge in [0, 0.05) is 27.4 Å². The van der Waals surface area contributed by atoms with Gasteiger partial charge in [0.2, 0.25) is 0 Å². The molecule has 6 heteroatoms. The van der Waals surface area contributed by atoms with Crippen LogP contribution in [0.3, 0.4) is 0 Å². The Bertz CT molecular complexity index is 147. The molecule has 0 heterocycles. The second kappa shape index (κ2) is 8.20. The lowest BCUT2D eigenvalue weighted by molar-refractivity contribution is 0.0998. The molecule has 0 saturated heterocycles. The second-order valence-electron chi connectivity index (χ2n) is 3.30. The van der Waals surface area contributed by atoms with Crippen LogP contribution in [0.15, 0.2) is 0 Å². The molecule has 0 aromatic heterocycles. The van der Waals surface area contributed by atoms with Gasteiger partial charge in [0.25, 0.3) is 0 Å². The summed E-state index contributed by atoms with van der Waals surface area (Å²) in [6.07, 6.45) is 1.05. The minimum absolute atomic E-state index is 0.516. The minimum Gasteiger partial charge on any atom is -0.379 e. The predicted molar refractivity (Wildman–Crippen MR) is 60.5 cm³/mol. The van der Waals surface area contributed by atoms with Gasteiger partial charge in [-0.3, -0.25) is 5.32 Å². The average molecular weight is 237 g/mol. The summed E-state index contributed by atoms with van der Waals surface area (Å²) in [5.74, 6) is 0. The summed E-state index contributed by atoms with van der Waals surface area (Å²) >= 11 is 0. The highest BCUT2D eigenvalue weighted by Crippen LogP contribution is 2.15. The van der Waals surface area contributed by atoms with Crippen molar-refractivity contribution >= 4 is 8.80 Å². The van der Waals surface area contributed by atoms with Gasteiger partial charge in [0.15, 0.2) is 0 Å². The number of nitrogens with one attached hydrogen (secondary N) is 1. The first-order valence-corrected chi connectivity index (χ1v) is 7.14. The Labute approximate surface area is 93.1 Å². The van der Waals surface area contributed by atoms with E-state index in [-0.39, 0.29) is 0 Å². The Morgan fingerprint density at radius 2 is 1.73 bits per heavy atom. The highest BCUT2D eigenvalue weighted by molar-refractivity contribution is 6.60. The standard InChI is InChI=1S/C9H23NO4Si/c1-5-7-10-9(11)6-8-15(12-2,13-3)14-4/h9-11H,5-8H2,1-4H3. The molecule has 0 rings (SSSR count). The maximum Gasteiger partial charge on any atom is 0.500 e. The molecular formula is C9H23NO4Si. The molecule has 2 N–H and O–H groups in total. The van der Waals surface area contributed by atoms with E-state index in [4.69, 9.17) is 13.3 Å². The van der Waals surface area contributed by atoms with Crippen LogP contribution in [-0.2, 0) is 13.3 Å². The van der Waals surface area contributed by atoms with E-state index in [1.165, 1.54) is 0 Å². The second-order valence-corrected chi connectivity index (χ2v) is 6.39. The smallest absolute Gasteiger partial charge is 0.379 e. The molecule has 5 nitrogen and oxygen atoms in total. The number of rotatable bonds is 9. The fraction of sp³-hybridized carbons (Fsp3) is 1.00. The molecule has 0 bridgehead atoms. The average Bonchev–Trinajstić information content (AvgIpc) is 2.29. The van der Waals surface area contributed by atoms with Gasteiger partial charge in [-0.1, -0.05) is 6.92 Å². The Kier molecular flexibility index (Phi) is 8.21. The molecule has 0 aliphatic rings. The maximum absolute atomic E-state index is 9.57. The van der Waals surface area contributed by atoms with E-state index < -0.39 is 15.0 Å². The molecular weight excluding hydrogens is 214 g/mol. The zero-order valence-corrected chi connectivity index (χ0v) is 11.1. The van der Waals surface area contributed by atoms with E-state index in [1.807, 2.05) is 0 Å². The molecule has 0 fully saturated rings. The fourth-order valence-electron chi connectivity index (χ4n) is 1.28. The Morgan fingerprint density at radius 1 is 1.20 bits per heavy atom. The Morgan fingerprint density at radius 3 is 2.13 bits per heavy atom. The van der Waals surface area contributed by atoms with E-state index in [1.54, 1.807) is 21.3 Å². The highest BCUT2D eigenvalue weighted by Gasteiger charge is 2.37. The van der Waals surface area contributed by atoms with Crippen molar-refractivity contribution < 1.29 is 18.4 Å². The molecule has 1 unspecified atom stereocenters. The van der Waals surface area contributed by atoms with Crippen molar-refractivity contribution in [1.82, 2.24) is 5.32 Å². The van der Waals surface area contributed by atoms with Gasteiger partial charge in [-0.15, -0.1) is 0 Å². The fourth-order valence-corrected chi connectivity index (χ4v) is 3.02. The van der Waals surface area contributed by atoms with Crippen molar-refractivity contribution in [2.24, 2.45) is 0 Å². The first-order valence-electron chi connectivity index (χ1n) is 5.21. The third kappa shape index (κ3) is 5.60. The lowest BCUT2D eigenvalue weighted by atomic mass is 10.4. The first kappa shape index (κ1) is 15.0. The molecule has 0 aromatic carbocycles. The van der Waals surface area contributed by atoms with Gasteiger partial charge in [0.1, 0.15) is 6.23 Å². The number of hydrogen-bond donors (Lipinski definition) is 2. The van der Waals surface area contributed by atoms with Crippen molar-refractivity contribution in [2.45, 2.75) is 32.0 Å². The monoisotopic (exact) mass is 237 g/mol. The highest BCUT2D eigenvalue weighted by atomic mass is 28.4. The molecule has 0 aliphatic heterocycles. The van der Waals surface area contributed by atoms with Gasteiger partial charge in [-0.05, 0) is 19.4 Å². The van der Waals surface area contributed by atoms with Crippen molar-refractivity contribution in [1.29, 1.82) is 0 Å². The lowest BCUT2D eigenvalue weighted by Gasteiger charge is -2.25. The van der Waals surface area contributed by atoms with Crippen molar-refractivity contribution in [2.75, 3.05) is 27.9 Å². The summed E-state index contributed by atoms with van der Waals surface area (Å²) in [6.45, 7) is 2.86. The number of hydrogen-bond acceptors (Lipinski definition) is 5. The molecule has 0 aliphatic carbocycles. The molecule has 0 aromatic rings. The number of aliphatic hydroxyl groups is 1. The Hall–Kier alpha value is 0.0169. The zero-order valence-electron chi connectivity index (χ0n) is 10.1. The maximum atomic E-state index is 9.57. The lowest BCUT2D eigenvalue weighted by Crippen LogP contribution is -2.44. The largest absolute Gasteiger partial charge is 0.500 e. The van der Waals surface area contributed by atoms with Crippen molar-refractivity contribution in [3.63, 3.8) is 0 Å². The van der Waals surface area contributed by atoms with Crippen LogP contribution in [0.5, 0.6) is 0 Å². The van der Waals surface area contributed by atoms with E-state index in [2.05, 4.69) is 12.2 Å². The Balaban J connectivity index is 3.88. The van der Waals surface area contributed by atoms with E-state index in [0.29, 0.717) is 12.5 Å². The van der Waals surface area contributed by atoms with Gasteiger partial charge in [-0.25, -0.2) is 0 Å². The van der Waals surface area contributed by atoms with E-state index in [9.17, 15) is 5.11 Å². The molecule has 15 heavy (non-hydrogen) atoms. The van der Waals surface area contributed by atoms with Crippen LogP contribution in [0.2, 0.25) is 6.04 Å². The summed E-state index contributed by atoms with van der Waals surface area (Å²) in [5, 5.41) is 12.6. The third-order valence-electron chi connectivity index (χ3n) is 2.29. The van der Waals surface area contributed by atoms with Gasteiger partial charge in [-0.2, -0.15) is 0 Å². The molecule has 1 atom stereocenters. The summed E-state index contributed by atoms with van der Waals surface area (Å²) in [4.78, 5) is 0. The van der Waals surface area contributed by atoms with E-state index >= 15 is 0 Å². The minimum atomic E-state index is -2.52. The van der Waals surface area contributed by atoms with Gasteiger partial charge < -0.3 is 18.4 Å². The normalized spacial score (nSPS) is 14.2. The summed E-state index contributed by atoms with van der Waals surface area (Å²) in [7, 11) is 2.20. The third-order valence-corrected chi connectivity index (χ3v) is 5.05. The summed E-state index contributed by atoms with van der Waals surface area (Å²) < 4.78 is 15.7. The molecule has 0 spiro atoms. The van der Waals surface area contributed by atoms with Crippen LogP contribution in [0.1, 0.15) is 19.8 Å². The molecule has 0 saturated carbocycles. The molecule has 0 amide bonds. The molecule has 92 valence electrons. The van der Waals surface area contributed by atoms with Gasteiger partial charge >= 0.3 is 8.80 Å².